The molecule has 1 N–H and O–H groups in total. The average molecular weight is 366 g/mol. The molecule has 2 aromatic carbocycles. The fourth-order valence-corrected chi connectivity index (χ4v) is 5.06. The second-order valence-corrected chi connectivity index (χ2v) is 8.08. The molecule has 1 aliphatic rings. The van der Waals surface area contributed by atoms with Crippen molar-refractivity contribution in [3.63, 3.8) is 0 Å². The summed E-state index contributed by atoms with van der Waals surface area (Å²) >= 11 is 1.67. The molecule has 5 heteroatoms. The van der Waals surface area contributed by atoms with Crippen molar-refractivity contribution in [1.82, 2.24) is 9.88 Å². The number of fused-ring (bicyclic) bond motifs is 1. The summed E-state index contributed by atoms with van der Waals surface area (Å²) < 4.78 is 1.14. The molecule has 2 heterocycles. The molecule has 2 atom stereocenters. The highest BCUT2D eigenvalue weighted by Gasteiger charge is 2.38. The minimum absolute atomic E-state index is 0.114. The van der Waals surface area contributed by atoms with Gasteiger partial charge in [-0.05, 0) is 49.9 Å². The second-order valence-electron chi connectivity index (χ2n) is 7.02. The van der Waals surface area contributed by atoms with Gasteiger partial charge >= 0.3 is 5.97 Å². The first-order valence-corrected chi connectivity index (χ1v) is 9.77. The van der Waals surface area contributed by atoms with Crippen LogP contribution in [0.4, 0.5) is 0 Å². The minimum atomic E-state index is -0.738. The van der Waals surface area contributed by atoms with Gasteiger partial charge in [0.25, 0.3) is 0 Å². The lowest BCUT2D eigenvalue weighted by molar-refractivity contribution is -0.142. The molecule has 4 rings (SSSR count). The van der Waals surface area contributed by atoms with Crippen LogP contribution in [0.3, 0.4) is 0 Å². The first-order valence-electron chi connectivity index (χ1n) is 8.96. The Balaban J connectivity index is 1.87. The van der Waals surface area contributed by atoms with E-state index in [-0.39, 0.29) is 6.04 Å². The maximum atomic E-state index is 11.8. The Hall–Kier alpha value is -2.24. The van der Waals surface area contributed by atoms with Crippen LogP contribution < -0.4 is 0 Å². The number of para-hydroxylation sites is 1. The topological polar surface area (TPSA) is 53.4 Å². The van der Waals surface area contributed by atoms with Crippen LogP contribution in [0.2, 0.25) is 0 Å². The number of rotatable bonds is 4. The zero-order chi connectivity index (χ0) is 18.3. The lowest BCUT2D eigenvalue weighted by Gasteiger charge is -2.31. The van der Waals surface area contributed by atoms with Crippen molar-refractivity contribution in [1.29, 1.82) is 0 Å². The fourth-order valence-electron chi connectivity index (χ4n) is 3.96. The van der Waals surface area contributed by atoms with Crippen LogP contribution in [0.15, 0.2) is 42.5 Å². The number of carboxylic acids is 1. The molecule has 1 aromatic heterocycles. The molecule has 1 aliphatic heterocycles. The number of aliphatic carboxylic acids is 1. The summed E-state index contributed by atoms with van der Waals surface area (Å²) in [6.45, 7) is 4.97. The smallest absolute Gasteiger partial charge is 0.320 e. The van der Waals surface area contributed by atoms with Gasteiger partial charge < -0.3 is 5.11 Å². The van der Waals surface area contributed by atoms with Crippen molar-refractivity contribution in [2.75, 3.05) is 6.54 Å². The molecular weight excluding hydrogens is 344 g/mol. The summed E-state index contributed by atoms with van der Waals surface area (Å²) in [5, 5.41) is 10.7. The number of aromatic nitrogens is 1. The van der Waals surface area contributed by atoms with Crippen molar-refractivity contribution >= 4 is 27.5 Å². The summed E-state index contributed by atoms with van der Waals surface area (Å²) in [6.07, 6.45) is 1.60. The summed E-state index contributed by atoms with van der Waals surface area (Å²) in [7, 11) is 0. The normalized spacial score (nSPS) is 19.1. The van der Waals surface area contributed by atoms with Crippen LogP contribution >= 0.6 is 11.3 Å². The van der Waals surface area contributed by atoms with Crippen molar-refractivity contribution < 1.29 is 9.90 Å². The lowest BCUT2D eigenvalue weighted by atomic mass is 9.97. The fraction of sp³-hybridized carbons (Fsp3) is 0.333. The molecule has 26 heavy (non-hydrogen) atoms. The van der Waals surface area contributed by atoms with Gasteiger partial charge in [0.2, 0.25) is 0 Å². The number of nitrogens with zero attached hydrogens (tertiary/aromatic N) is 2. The number of likely N-dealkylation sites (tertiary alicyclic amines) is 1. The number of hydrogen-bond acceptors (Lipinski definition) is 4. The van der Waals surface area contributed by atoms with Gasteiger partial charge in [-0.15, -0.1) is 11.3 Å². The molecule has 3 aromatic rings. The zero-order valence-corrected chi connectivity index (χ0v) is 15.8. The van der Waals surface area contributed by atoms with Crippen molar-refractivity contribution in [3.05, 3.63) is 64.2 Å². The monoisotopic (exact) mass is 366 g/mol. The van der Waals surface area contributed by atoms with E-state index in [1.165, 1.54) is 11.1 Å². The van der Waals surface area contributed by atoms with Gasteiger partial charge in [0.1, 0.15) is 11.0 Å². The van der Waals surface area contributed by atoms with E-state index >= 15 is 0 Å². The predicted octanol–water partition coefficient (Wildman–Crippen LogP) is 4.55. The molecule has 1 saturated heterocycles. The maximum Gasteiger partial charge on any atom is 0.320 e. The quantitative estimate of drug-likeness (QED) is 0.736. The van der Waals surface area contributed by atoms with Crippen LogP contribution in [0, 0.1) is 13.8 Å². The van der Waals surface area contributed by atoms with E-state index in [0.717, 1.165) is 33.8 Å². The standard InChI is InChI=1S/C21H22N2O2S/c1-13-9-10-15(14(2)12-13)19(23-11-5-7-17(23)21(24)25)20-22-16-6-3-4-8-18(16)26-20/h3-4,6,8-10,12,17,19H,5,7,11H2,1-2H3,(H,24,25). The summed E-state index contributed by atoms with van der Waals surface area (Å²) in [5.41, 5.74) is 4.53. The van der Waals surface area contributed by atoms with Gasteiger partial charge in [-0.25, -0.2) is 4.98 Å². The number of hydrogen-bond donors (Lipinski definition) is 1. The van der Waals surface area contributed by atoms with Gasteiger partial charge in [0, 0.05) is 6.54 Å². The second kappa shape index (κ2) is 6.82. The van der Waals surface area contributed by atoms with Crippen LogP contribution in [-0.4, -0.2) is 33.5 Å². The molecular formula is C21H22N2O2S. The van der Waals surface area contributed by atoms with E-state index in [4.69, 9.17) is 4.98 Å². The Morgan fingerprint density at radius 1 is 1.27 bits per heavy atom. The first-order chi connectivity index (χ1) is 12.5. The van der Waals surface area contributed by atoms with Gasteiger partial charge in [-0.3, -0.25) is 9.69 Å². The van der Waals surface area contributed by atoms with Crippen LogP contribution in [0.25, 0.3) is 10.2 Å². The van der Waals surface area contributed by atoms with Gasteiger partial charge in [0.15, 0.2) is 0 Å². The summed E-state index contributed by atoms with van der Waals surface area (Å²) in [5.74, 6) is -0.738. The van der Waals surface area contributed by atoms with E-state index < -0.39 is 12.0 Å². The van der Waals surface area contributed by atoms with Gasteiger partial charge in [-0.2, -0.15) is 0 Å². The van der Waals surface area contributed by atoms with E-state index in [0.29, 0.717) is 6.42 Å². The summed E-state index contributed by atoms with van der Waals surface area (Å²) in [6, 6.07) is 14.0. The highest BCUT2D eigenvalue weighted by molar-refractivity contribution is 7.18. The zero-order valence-electron chi connectivity index (χ0n) is 15.0. The Labute approximate surface area is 157 Å². The van der Waals surface area contributed by atoms with Crippen molar-refractivity contribution in [2.45, 2.75) is 38.8 Å². The molecule has 0 amide bonds. The van der Waals surface area contributed by atoms with Crippen molar-refractivity contribution in [3.8, 4) is 0 Å². The van der Waals surface area contributed by atoms with Crippen LogP contribution in [-0.2, 0) is 4.79 Å². The molecule has 2 unspecified atom stereocenters. The largest absolute Gasteiger partial charge is 0.480 e. The molecule has 0 aliphatic carbocycles. The van der Waals surface area contributed by atoms with E-state index in [9.17, 15) is 9.90 Å². The lowest BCUT2D eigenvalue weighted by Crippen LogP contribution is -2.39. The molecule has 0 spiro atoms. The number of benzene rings is 2. The Kier molecular flexibility index (Phi) is 4.51. The van der Waals surface area contributed by atoms with E-state index in [1.54, 1.807) is 11.3 Å². The highest BCUT2D eigenvalue weighted by atomic mass is 32.1. The Morgan fingerprint density at radius 2 is 2.08 bits per heavy atom. The predicted molar refractivity (Wildman–Crippen MR) is 105 cm³/mol. The maximum absolute atomic E-state index is 11.8. The SMILES string of the molecule is Cc1ccc(C(c2nc3ccccc3s2)N2CCCC2C(=O)O)c(C)c1. The van der Waals surface area contributed by atoms with E-state index in [2.05, 4.69) is 43.0 Å². The number of carbonyl (C=O) groups is 1. The third-order valence-corrected chi connectivity index (χ3v) is 6.26. The summed E-state index contributed by atoms with van der Waals surface area (Å²) in [4.78, 5) is 18.8. The molecule has 0 bridgehead atoms. The number of thiazole rings is 1. The highest BCUT2D eigenvalue weighted by Crippen LogP contribution is 2.39. The average Bonchev–Trinajstić information content (AvgIpc) is 3.24. The molecule has 0 saturated carbocycles. The van der Waals surface area contributed by atoms with Gasteiger partial charge in [-0.1, -0.05) is 35.9 Å². The first kappa shape index (κ1) is 17.2. The van der Waals surface area contributed by atoms with E-state index in [1.807, 2.05) is 18.2 Å². The minimum Gasteiger partial charge on any atom is -0.480 e. The molecule has 134 valence electrons. The Bertz CT molecular complexity index is 933. The molecule has 1 fully saturated rings. The Morgan fingerprint density at radius 3 is 2.81 bits per heavy atom. The van der Waals surface area contributed by atoms with Crippen LogP contribution in [0.5, 0.6) is 0 Å². The third-order valence-electron chi connectivity index (χ3n) is 5.18. The van der Waals surface area contributed by atoms with Crippen LogP contribution in [0.1, 0.15) is 40.6 Å². The number of aryl methyl sites for hydroxylation is 2. The molecule has 4 nitrogen and oxygen atoms in total. The molecule has 0 radical (unpaired) electrons. The van der Waals surface area contributed by atoms with Gasteiger partial charge in [0.05, 0.1) is 16.3 Å². The third kappa shape index (κ3) is 3.02. The number of carboxylic acid groups (broad SMARTS) is 1. The van der Waals surface area contributed by atoms with Crippen molar-refractivity contribution in [2.24, 2.45) is 0 Å².